The lowest BCUT2D eigenvalue weighted by molar-refractivity contribution is -0.385. The van der Waals surface area contributed by atoms with Crippen molar-refractivity contribution in [3.63, 3.8) is 0 Å². The maximum absolute atomic E-state index is 11.0. The molecule has 0 bridgehead atoms. The number of hydrogen-bond donors (Lipinski definition) is 1. The first kappa shape index (κ1) is 12.3. The summed E-state index contributed by atoms with van der Waals surface area (Å²) < 4.78 is 0. The molecule has 0 spiro atoms. The Labute approximate surface area is 112 Å². The molecule has 1 aromatic rings. The van der Waals surface area contributed by atoms with E-state index in [1.807, 2.05) is 0 Å². The molecule has 2 fully saturated rings. The molecule has 6 nitrogen and oxygen atoms in total. The van der Waals surface area contributed by atoms with Crippen molar-refractivity contribution in [3.05, 3.63) is 27.9 Å². The molecule has 0 aliphatic carbocycles. The van der Waals surface area contributed by atoms with Crippen LogP contribution in [0.1, 0.15) is 18.4 Å². The summed E-state index contributed by atoms with van der Waals surface area (Å²) in [5.74, 6) is 1.38. The van der Waals surface area contributed by atoms with Crippen molar-refractivity contribution >= 4 is 11.5 Å². The minimum atomic E-state index is -0.331. The maximum Gasteiger partial charge on any atom is 0.277 e. The van der Waals surface area contributed by atoms with Gasteiger partial charge in [-0.05, 0) is 32.2 Å². The van der Waals surface area contributed by atoms with Gasteiger partial charge in [0.1, 0.15) is 5.82 Å². The molecule has 2 atom stereocenters. The summed E-state index contributed by atoms with van der Waals surface area (Å²) in [4.78, 5) is 17.2. The van der Waals surface area contributed by atoms with Crippen LogP contribution in [-0.2, 0) is 0 Å². The minimum absolute atomic E-state index is 0.160. The number of aryl methyl sites for hydroxylation is 1. The lowest BCUT2D eigenvalue weighted by Crippen LogP contribution is -2.40. The summed E-state index contributed by atoms with van der Waals surface area (Å²) in [6.07, 6.45) is 4.06. The van der Waals surface area contributed by atoms with E-state index in [0.717, 1.165) is 25.5 Å². The van der Waals surface area contributed by atoms with Crippen molar-refractivity contribution in [2.75, 3.05) is 24.5 Å². The van der Waals surface area contributed by atoms with Crippen LogP contribution in [0.4, 0.5) is 11.5 Å². The number of piperidine rings is 1. The number of nitrogens with zero attached hydrogens (tertiary/aromatic N) is 3. The van der Waals surface area contributed by atoms with Crippen LogP contribution in [-0.4, -0.2) is 35.6 Å². The zero-order valence-electron chi connectivity index (χ0n) is 11.0. The van der Waals surface area contributed by atoms with Crippen LogP contribution in [0.3, 0.4) is 0 Å². The Balaban J connectivity index is 1.83. The number of rotatable bonds is 2. The summed E-state index contributed by atoms with van der Waals surface area (Å²) in [7, 11) is 0. The van der Waals surface area contributed by atoms with Crippen molar-refractivity contribution < 1.29 is 4.92 Å². The van der Waals surface area contributed by atoms with E-state index in [9.17, 15) is 10.1 Å². The van der Waals surface area contributed by atoms with Gasteiger partial charge in [-0.25, -0.2) is 4.98 Å². The van der Waals surface area contributed by atoms with Crippen molar-refractivity contribution in [3.8, 4) is 0 Å². The average molecular weight is 262 g/mol. The predicted octanol–water partition coefficient (Wildman–Crippen LogP) is 1.49. The second-order valence-electron chi connectivity index (χ2n) is 5.45. The molecule has 3 heterocycles. The van der Waals surface area contributed by atoms with Crippen LogP contribution in [0.5, 0.6) is 0 Å². The Morgan fingerprint density at radius 2 is 2.37 bits per heavy atom. The molecule has 0 amide bonds. The molecule has 2 saturated heterocycles. The Morgan fingerprint density at radius 3 is 3.11 bits per heavy atom. The lowest BCUT2D eigenvalue weighted by atomic mass is 9.94. The van der Waals surface area contributed by atoms with Crippen molar-refractivity contribution in [2.24, 2.45) is 5.92 Å². The van der Waals surface area contributed by atoms with Crippen LogP contribution < -0.4 is 10.2 Å². The molecular weight excluding hydrogens is 244 g/mol. The third-order valence-corrected chi connectivity index (χ3v) is 4.18. The molecule has 6 heteroatoms. The Morgan fingerprint density at radius 1 is 1.53 bits per heavy atom. The normalized spacial score (nSPS) is 26.3. The summed E-state index contributed by atoms with van der Waals surface area (Å²) in [5.41, 5.74) is 0.774. The second kappa shape index (κ2) is 4.77. The van der Waals surface area contributed by atoms with E-state index in [2.05, 4.69) is 15.2 Å². The Hall–Kier alpha value is -1.69. The smallest absolute Gasteiger partial charge is 0.277 e. The van der Waals surface area contributed by atoms with Crippen molar-refractivity contribution in [1.82, 2.24) is 10.3 Å². The SMILES string of the molecule is Cc1cnc(N2CC3CCCNC3C2)cc1[N+](=O)[O-]. The van der Waals surface area contributed by atoms with Gasteiger partial charge in [0.25, 0.3) is 5.69 Å². The Kier molecular flexibility index (Phi) is 3.10. The standard InChI is InChI=1S/C13H18N4O2/c1-9-6-15-13(5-12(9)17(18)19)16-7-10-3-2-4-14-11(10)8-16/h5-6,10-11,14H,2-4,7-8H2,1H3. The molecule has 1 aromatic heterocycles. The molecule has 1 N–H and O–H groups in total. The highest BCUT2D eigenvalue weighted by Crippen LogP contribution is 2.30. The van der Waals surface area contributed by atoms with E-state index in [0.29, 0.717) is 17.5 Å². The van der Waals surface area contributed by atoms with E-state index < -0.39 is 0 Å². The number of nitro groups is 1. The van der Waals surface area contributed by atoms with E-state index >= 15 is 0 Å². The highest BCUT2D eigenvalue weighted by atomic mass is 16.6. The number of aromatic nitrogens is 1. The van der Waals surface area contributed by atoms with E-state index in [1.165, 1.54) is 12.8 Å². The van der Waals surface area contributed by atoms with Crippen molar-refractivity contribution in [2.45, 2.75) is 25.8 Å². The van der Waals surface area contributed by atoms with Crippen molar-refractivity contribution in [1.29, 1.82) is 0 Å². The van der Waals surface area contributed by atoms with Crippen LogP contribution in [0.25, 0.3) is 0 Å². The molecule has 0 saturated carbocycles. The number of hydrogen-bond acceptors (Lipinski definition) is 5. The van der Waals surface area contributed by atoms with Gasteiger partial charge < -0.3 is 10.2 Å². The fraction of sp³-hybridized carbons (Fsp3) is 0.615. The molecule has 0 aromatic carbocycles. The maximum atomic E-state index is 11.0. The largest absolute Gasteiger partial charge is 0.354 e. The molecule has 0 radical (unpaired) electrons. The van der Waals surface area contributed by atoms with Gasteiger partial charge in [-0.1, -0.05) is 0 Å². The number of pyridine rings is 1. The third-order valence-electron chi connectivity index (χ3n) is 4.18. The lowest BCUT2D eigenvalue weighted by Gasteiger charge is -2.24. The highest BCUT2D eigenvalue weighted by molar-refractivity contribution is 5.51. The van der Waals surface area contributed by atoms with Gasteiger partial charge >= 0.3 is 0 Å². The van der Waals surface area contributed by atoms with Gasteiger partial charge in [0.15, 0.2) is 0 Å². The summed E-state index contributed by atoms with van der Waals surface area (Å²) in [5, 5.41) is 14.5. The quantitative estimate of drug-likeness (QED) is 0.645. The van der Waals surface area contributed by atoms with Gasteiger partial charge in [0.05, 0.1) is 11.0 Å². The second-order valence-corrected chi connectivity index (χ2v) is 5.45. The summed E-state index contributed by atoms with van der Waals surface area (Å²) in [6, 6.07) is 2.11. The van der Waals surface area contributed by atoms with Gasteiger partial charge in [-0.15, -0.1) is 0 Å². The zero-order chi connectivity index (χ0) is 13.4. The van der Waals surface area contributed by atoms with Gasteiger partial charge in [-0.3, -0.25) is 10.1 Å². The molecule has 19 heavy (non-hydrogen) atoms. The molecule has 3 rings (SSSR count). The molecule has 2 unspecified atom stereocenters. The predicted molar refractivity (Wildman–Crippen MR) is 72.4 cm³/mol. The van der Waals surface area contributed by atoms with Gasteiger partial charge in [0.2, 0.25) is 0 Å². The molecular formula is C13H18N4O2. The summed E-state index contributed by atoms with van der Waals surface area (Å²) >= 11 is 0. The van der Waals surface area contributed by atoms with Gasteiger partial charge in [0, 0.05) is 30.9 Å². The molecule has 2 aliphatic rings. The van der Waals surface area contributed by atoms with Crippen LogP contribution in [0, 0.1) is 23.0 Å². The Bertz CT molecular complexity index is 491. The zero-order valence-corrected chi connectivity index (χ0v) is 11.0. The molecule has 102 valence electrons. The van der Waals surface area contributed by atoms with E-state index in [-0.39, 0.29) is 10.6 Å². The van der Waals surface area contributed by atoms with Gasteiger partial charge in [-0.2, -0.15) is 0 Å². The monoisotopic (exact) mass is 262 g/mol. The number of anilines is 1. The fourth-order valence-corrected chi connectivity index (χ4v) is 3.11. The molecule has 2 aliphatic heterocycles. The number of nitrogens with one attached hydrogen (secondary N) is 1. The van der Waals surface area contributed by atoms with Crippen LogP contribution in [0.2, 0.25) is 0 Å². The third kappa shape index (κ3) is 2.28. The first-order chi connectivity index (χ1) is 9.15. The van der Waals surface area contributed by atoms with E-state index in [4.69, 9.17) is 0 Å². The van der Waals surface area contributed by atoms with Crippen LogP contribution >= 0.6 is 0 Å². The number of fused-ring (bicyclic) bond motifs is 1. The summed E-state index contributed by atoms with van der Waals surface area (Å²) in [6.45, 7) is 4.65. The average Bonchev–Trinajstić information content (AvgIpc) is 2.82. The first-order valence-electron chi connectivity index (χ1n) is 6.74. The minimum Gasteiger partial charge on any atom is -0.354 e. The fourth-order valence-electron chi connectivity index (χ4n) is 3.11. The highest BCUT2D eigenvalue weighted by Gasteiger charge is 2.35. The van der Waals surface area contributed by atoms with E-state index in [1.54, 1.807) is 19.2 Å². The topological polar surface area (TPSA) is 71.3 Å². The van der Waals surface area contributed by atoms with Crippen LogP contribution in [0.15, 0.2) is 12.3 Å². The first-order valence-corrected chi connectivity index (χ1v) is 6.74.